The van der Waals surface area contributed by atoms with Gasteiger partial charge in [0.1, 0.15) is 5.03 Å². The highest BCUT2D eigenvalue weighted by Crippen LogP contribution is 2.23. The average molecular weight is 412 g/mol. The number of carbonyl (C=O) groups is 2. The molecule has 0 saturated carbocycles. The van der Waals surface area contributed by atoms with Gasteiger partial charge in [0.25, 0.3) is 11.8 Å². The second kappa shape index (κ2) is 9.44. The summed E-state index contributed by atoms with van der Waals surface area (Å²) >= 11 is 1.49. The van der Waals surface area contributed by atoms with E-state index in [0.717, 1.165) is 34.6 Å². The van der Waals surface area contributed by atoms with Gasteiger partial charge in [0.15, 0.2) is 0 Å². The number of nitrogens with zero attached hydrogens (tertiary/aromatic N) is 2. The summed E-state index contributed by atoms with van der Waals surface area (Å²) in [5.41, 5.74) is 4.66. The van der Waals surface area contributed by atoms with E-state index in [9.17, 15) is 9.59 Å². The van der Waals surface area contributed by atoms with Crippen LogP contribution in [0, 0.1) is 26.7 Å². The summed E-state index contributed by atoms with van der Waals surface area (Å²) < 4.78 is 0. The van der Waals surface area contributed by atoms with Crippen molar-refractivity contribution in [2.75, 3.05) is 25.9 Å². The van der Waals surface area contributed by atoms with Crippen molar-refractivity contribution in [1.82, 2.24) is 15.2 Å². The van der Waals surface area contributed by atoms with Gasteiger partial charge >= 0.3 is 0 Å². The first-order chi connectivity index (χ1) is 13.9. The van der Waals surface area contributed by atoms with E-state index in [2.05, 4.69) is 10.3 Å². The fourth-order valence-electron chi connectivity index (χ4n) is 4.09. The van der Waals surface area contributed by atoms with E-state index in [1.165, 1.54) is 17.3 Å². The molecule has 0 unspecified atom stereocenters. The molecule has 0 radical (unpaired) electrons. The molecule has 154 valence electrons. The van der Waals surface area contributed by atoms with Crippen LogP contribution in [0.3, 0.4) is 0 Å². The van der Waals surface area contributed by atoms with Crippen molar-refractivity contribution >= 4 is 23.6 Å². The first-order valence-electron chi connectivity index (χ1n) is 10.0. The quantitative estimate of drug-likeness (QED) is 0.755. The zero-order valence-corrected chi connectivity index (χ0v) is 18.4. The lowest BCUT2D eigenvalue weighted by atomic mass is 9.95. The molecule has 2 heterocycles. The van der Waals surface area contributed by atoms with Gasteiger partial charge in [0, 0.05) is 31.4 Å². The molecule has 1 saturated heterocycles. The van der Waals surface area contributed by atoms with Gasteiger partial charge in [-0.25, -0.2) is 4.98 Å². The van der Waals surface area contributed by atoms with Crippen molar-refractivity contribution < 1.29 is 9.59 Å². The maximum atomic E-state index is 12.8. The Morgan fingerprint density at radius 2 is 1.83 bits per heavy atom. The van der Waals surface area contributed by atoms with Gasteiger partial charge in [0.05, 0.1) is 5.56 Å². The van der Waals surface area contributed by atoms with Crippen LogP contribution in [0.2, 0.25) is 0 Å². The van der Waals surface area contributed by atoms with Crippen molar-refractivity contribution in [3.8, 4) is 0 Å². The number of rotatable bonds is 5. The van der Waals surface area contributed by atoms with Crippen LogP contribution >= 0.6 is 11.8 Å². The molecule has 29 heavy (non-hydrogen) atoms. The number of nitrogens with one attached hydrogen (secondary N) is 1. The van der Waals surface area contributed by atoms with Crippen molar-refractivity contribution in [3.63, 3.8) is 0 Å². The maximum Gasteiger partial charge on any atom is 0.256 e. The molecule has 1 aromatic heterocycles. The summed E-state index contributed by atoms with van der Waals surface area (Å²) in [6, 6.07) is 7.75. The summed E-state index contributed by atoms with van der Waals surface area (Å²) in [7, 11) is 0. The summed E-state index contributed by atoms with van der Waals surface area (Å²) in [5.74, 6) is 0.442. The monoisotopic (exact) mass is 411 g/mol. The van der Waals surface area contributed by atoms with Crippen LogP contribution in [0.5, 0.6) is 0 Å². The minimum absolute atomic E-state index is 0.00141. The number of thioether (sulfide) groups is 1. The predicted octanol–water partition coefficient (Wildman–Crippen LogP) is 4.01. The van der Waals surface area contributed by atoms with Gasteiger partial charge in [-0.3, -0.25) is 9.59 Å². The Kier molecular flexibility index (Phi) is 6.96. The van der Waals surface area contributed by atoms with Gasteiger partial charge < -0.3 is 10.2 Å². The van der Waals surface area contributed by atoms with Crippen molar-refractivity contribution in [3.05, 3.63) is 58.3 Å². The molecule has 0 aliphatic carbocycles. The van der Waals surface area contributed by atoms with E-state index < -0.39 is 0 Å². The number of likely N-dealkylation sites (tertiary alicyclic amines) is 1. The van der Waals surface area contributed by atoms with Crippen LogP contribution in [0.15, 0.2) is 35.5 Å². The van der Waals surface area contributed by atoms with Crippen LogP contribution in [0.1, 0.15) is 50.2 Å². The third-order valence-corrected chi connectivity index (χ3v) is 6.26. The van der Waals surface area contributed by atoms with Crippen LogP contribution in [0.25, 0.3) is 0 Å². The largest absolute Gasteiger partial charge is 0.352 e. The first kappa shape index (κ1) is 21.4. The van der Waals surface area contributed by atoms with Crippen molar-refractivity contribution in [2.24, 2.45) is 5.92 Å². The third-order valence-electron chi connectivity index (χ3n) is 5.55. The molecule has 1 aliphatic rings. The number of piperidine rings is 1. The summed E-state index contributed by atoms with van der Waals surface area (Å²) in [6.07, 6.45) is 5.44. The molecule has 0 spiro atoms. The Hall–Kier alpha value is -2.34. The van der Waals surface area contributed by atoms with E-state index >= 15 is 0 Å². The minimum Gasteiger partial charge on any atom is -0.352 e. The minimum atomic E-state index is -0.00141. The van der Waals surface area contributed by atoms with E-state index in [0.29, 0.717) is 31.1 Å². The summed E-state index contributed by atoms with van der Waals surface area (Å²) in [5, 5.41) is 3.88. The number of aryl methyl sites for hydroxylation is 3. The van der Waals surface area contributed by atoms with Crippen LogP contribution in [-0.4, -0.2) is 47.6 Å². The summed E-state index contributed by atoms with van der Waals surface area (Å²) in [4.78, 5) is 31.7. The van der Waals surface area contributed by atoms with Gasteiger partial charge in [-0.2, -0.15) is 0 Å². The molecule has 5 nitrogen and oxygen atoms in total. The zero-order chi connectivity index (χ0) is 21.0. The lowest BCUT2D eigenvalue weighted by Crippen LogP contribution is -2.41. The number of benzene rings is 1. The van der Waals surface area contributed by atoms with Gasteiger partial charge in [-0.05, 0) is 69.0 Å². The number of aromatic nitrogens is 1. The first-order valence-corrected chi connectivity index (χ1v) is 11.3. The number of carbonyl (C=O) groups excluding carboxylic acids is 2. The molecule has 1 fully saturated rings. The highest BCUT2D eigenvalue weighted by atomic mass is 32.2. The van der Waals surface area contributed by atoms with E-state index in [-0.39, 0.29) is 11.8 Å². The van der Waals surface area contributed by atoms with Crippen LogP contribution in [-0.2, 0) is 0 Å². The van der Waals surface area contributed by atoms with Gasteiger partial charge in [-0.1, -0.05) is 17.7 Å². The molecular formula is C23H29N3O2S. The average Bonchev–Trinajstić information content (AvgIpc) is 2.71. The number of pyridine rings is 1. The number of hydrogen-bond donors (Lipinski definition) is 1. The van der Waals surface area contributed by atoms with Crippen molar-refractivity contribution in [1.29, 1.82) is 0 Å². The smallest absolute Gasteiger partial charge is 0.256 e. The lowest BCUT2D eigenvalue weighted by Gasteiger charge is -2.32. The molecular weight excluding hydrogens is 382 g/mol. The molecule has 0 atom stereocenters. The highest BCUT2D eigenvalue weighted by Gasteiger charge is 2.26. The Bertz CT molecular complexity index is 882. The SMILES string of the molecule is CSc1ncccc1C(=O)N1CCC(CNC(=O)c2c(C)cc(C)cc2C)CC1. The van der Waals surface area contributed by atoms with Crippen LogP contribution < -0.4 is 5.32 Å². The van der Waals surface area contributed by atoms with Crippen LogP contribution in [0.4, 0.5) is 0 Å². The molecule has 0 bridgehead atoms. The normalized spacial score (nSPS) is 14.7. The Labute approximate surface area is 177 Å². The molecule has 1 aromatic carbocycles. The topological polar surface area (TPSA) is 62.3 Å². The molecule has 3 rings (SSSR count). The highest BCUT2D eigenvalue weighted by molar-refractivity contribution is 7.98. The Morgan fingerprint density at radius 3 is 2.45 bits per heavy atom. The number of amides is 2. The van der Waals surface area contributed by atoms with E-state index in [4.69, 9.17) is 0 Å². The number of hydrogen-bond acceptors (Lipinski definition) is 4. The Balaban J connectivity index is 1.54. The fourth-order valence-corrected chi connectivity index (χ4v) is 4.63. The van der Waals surface area contributed by atoms with E-state index in [1.54, 1.807) is 6.20 Å². The zero-order valence-electron chi connectivity index (χ0n) is 17.6. The lowest BCUT2D eigenvalue weighted by molar-refractivity contribution is 0.0680. The molecule has 1 aliphatic heterocycles. The summed E-state index contributed by atoms with van der Waals surface area (Å²) in [6.45, 7) is 8.09. The second-order valence-corrected chi connectivity index (χ2v) is 8.57. The standard InChI is InChI=1S/C23H29N3O2S/c1-15-12-16(2)20(17(3)13-15)21(27)25-14-18-7-10-26(11-8-18)23(28)19-6-5-9-24-22(19)29-4/h5-6,9,12-13,18H,7-8,10-11,14H2,1-4H3,(H,25,27). The maximum absolute atomic E-state index is 12.8. The fraction of sp³-hybridized carbons (Fsp3) is 0.435. The van der Waals surface area contributed by atoms with E-state index in [1.807, 2.05) is 56.2 Å². The van der Waals surface area contributed by atoms with Gasteiger partial charge in [0.2, 0.25) is 0 Å². The van der Waals surface area contributed by atoms with Crippen molar-refractivity contribution in [2.45, 2.75) is 38.6 Å². The molecule has 2 aromatic rings. The molecule has 1 N–H and O–H groups in total. The predicted molar refractivity (Wildman–Crippen MR) is 118 cm³/mol. The Morgan fingerprint density at radius 1 is 1.17 bits per heavy atom. The molecule has 6 heteroatoms. The van der Waals surface area contributed by atoms with Gasteiger partial charge in [-0.15, -0.1) is 11.8 Å². The second-order valence-electron chi connectivity index (χ2n) is 7.78. The molecule has 2 amide bonds. The third kappa shape index (κ3) is 4.99.